The molecular weight excluding hydrogens is 320 g/mol. The third kappa shape index (κ3) is 3.68. The lowest BCUT2D eigenvalue weighted by atomic mass is 9.65. The monoisotopic (exact) mass is 352 g/mol. The van der Waals surface area contributed by atoms with Crippen LogP contribution in [-0.4, -0.2) is 11.4 Å². The molecule has 0 saturated heterocycles. The lowest BCUT2D eigenvalue weighted by molar-refractivity contribution is -0.122. The standard InChI is InChI=1S/C23H32N2O/c1-17(2)23(25,18(3)4)16-15-22(21(24)26,19-11-7-5-8-12-19)20-13-9-6-10-14-20/h5-14,17-18H,15-16,25H2,1-4H3,(H2,24,26). The summed E-state index contributed by atoms with van der Waals surface area (Å²) in [5.74, 6) is 0.281. The summed E-state index contributed by atoms with van der Waals surface area (Å²) in [5.41, 5.74) is 13.4. The Balaban J connectivity index is 2.56. The van der Waals surface area contributed by atoms with Crippen molar-refractivity contribution in [3.05, 3.63) is 71.8 Å². The van der Waals surface area contributed by atoms with Crippen molar-refractivity contribution in [3.63, 3.8) is 0 Å². The van der Waals surface area contributed by atoms with E-state index in [1.54, 1.807) is 0 Å². The molecule has 2 aromatic rings. The van der Waals surface area contributed by atoms with Gasteiger partial charge in [0.05, 0.1) is 5.41 Å². The summed E-state index contributed by atoms with van der Waals surface area (Å²) in [6.07, 6.45) is 1.30. The Morgan fingerprint density at radius 2 is 1.19 bits per heavy atom. The van der Waals surface area contributed by atoms with Crippen molar-refractivity contribution >= 4 is 5.91 Å². The molecule has 0 radical (unpaired) electrons. The summed E-state index contributed by atoms with van der Waals surface area (Å²) < 4.78 is 0. The van der Waals surface area contributed by atoms with Crippen molar-refractivity contribution in [1.29, 1.82) is 0 Å². The minimum absolute atomic E-state index is 0.305. The van der Waals surface area contributed by atoms with Crippen LogP contribution in [0.15, 0.2) is 60.7 Å². The first-order valence-corrected chi connectivity index (χ1v) is 9.45. The molecule has 0 aliphatic rings. The van der Waals surface area contributed by atoms with Gasteiger partial charge in [0.1, 0.15) is 0 Å². The number of rotatable bonds is 8. The number of amides is 1. The van der Waals surface area contributed by atoms with Crippen LogP contribution in [0.2, 0.25) is 0 Å². The molecule has 0 fully saturated rings. The van der Waals surface area contributed by atoms with Gasteiger partial charge < -0.3 is 11.5 Å². The highest BCUT2D eigenvalue weighted by molar-refractivity contribution is 5.90. The summed E-state index contributed by atoms with van der Waals surface area (Å²) in [4.78, 5) is 12.9. The normalized spacial score (nSPS) is 12.6. The molecule has 0 heterocycles. The van der Waals surface area contributed by atoms with E-state index in [9.17, 15) is 4.79 Å². The number of benzene rings is 2. The van der Waals surface area contributed by atoms with E-state index in [-0.39, 0.29) is 11.4 Å². The van der Waals surface area contributed by atoms with Crippen LogP contribution in [0.5, 0.6) is 0 Å². The second-order valence-electron chi connectivity index (χ2n) is 7.92. The molecule has 0 aromatic heterocycles. The van der Waals surface area contributed by atoms with Gasteiger partial charge in [0, 0.05) is 5.54 Å². The van der Waals surface area contributed by atoms with E-state index in [0.29, 0.717) is 18.3 Å². The highest BCUT2D eigenvalue weighted by atomic mass is 16.1. The van der Waals surface area contributed by atoms with Crippen LogP contribution in [0.4, 0.5) is 0 Å². The molecule has 26 heavy (non-hydrogen) atoms. The van der Waals surface area contributed by atoms with Gasteiger partial charge in [-0.2, -0.15) is 0 Å². The Kier molecular flexibility index (Phi) is 6.25. The number of hydrogen-bond acceptors (Lipinski definition) is 2. The van der Waals surface area contributed by atoms with Gasteiger partial charge in [-0.05, 0) is 35.8 Å². The fourth-order valence-corrected chi connectivity index (χ4v) is 3.96. The number of carbonyl (C=O) groups is 1. The second kappa shape index (κ2) is 8.05. The van der Waals surface area contributed by atoms with Gasteiger partial charge in [-0.25, -0.2) is 0 Å². The molecule has 4 N–H and O–H groups in total. The molecule has 2 aromatic carbocycles. The van der Waals surface area contributed by atoms with E-state index in [1.165, 1.54) is 0 Å². The molecule has 0 spiro atoms. The third-order valence-electron chi connectivity index (χ3n) is 6.04. The van der Waals surface area contributed by atoms with E-state index in [0.717, 1.165) is 17.5 Å². The minimum Gasteiger partial charge on any atom is -0.369 e. The SMILES string of the molecule is CC(C)C(N)(CCC(C(N)=O)(c1ccccc1)c1ccccc1)C(C)C. The molecular formula is C23H32N2O. The van der Waals surface area contributed by atoms with Crippen molar-refractivity contribution in [2.24, 2.45) is 23.3 Å². The van der Waals surface area contributed by atoms with Gasteiger partial charge in [0.25, 0.3) is 0 Å². The molecule has 0 atom stereocenters. The predicted molar refractivity (Wildman–Crippen MR) is 109 cm³/mol. The Labute approximate surface area is 157 Å². The quantitative estimate of drug-likeness (QED) is 0.746. The molecule has 1 amide bonds. The predicted octanol–water partition coefficient (Wildman–Crippen LogP) is 4.25. The van der Waals surface area contributed by atoms with Gasteiger partial charge in [-0.15, -0.1) is 0 Å². The van der Waals surface area contributed by atoms with Crippen LogP contribution in [0.25, 0.3) is 0 Å². The molecule has 3 nitrogen and oxygen atoms in total. The maximum Gasteiger partial charge on any atom is 0.232 e. The highest BCUT2D eigenvalue weighted by Gasteiger charge is 2.43. The highest BCUT2D eigenvalue weighted by Crippen LogP contribution is 2.40. The Morgan fingerprint density at radius 3 is 1.50 bits per heavy atom. The van der Waals surface area contributed by atoms with Crippen molar-refractivity contribution in [2.75, 3.05) is 0 Å². The smallest absolute Gasteiger partial charge is 0.232 e. The number of carbonyl (C=O) groups excluding carboxylic acids is 1. The van der Waals surface area contributed by atoms with Crippen molar-refractivity contribution in [3.8, 4) is 0 Å². The molecule has 3 heteroatoms. The average Bonchev–Trinajstić information content (AvgIpc) is 2.63. The summed E-state index contributed by atoms with van der Waals surface area (Å²) >= 11 is 0. The molecule has 0 bridgehead atoms. The summed E-state index contributed by atoms with van der Waals surface area (Å²) in [7, 11) is 0. The zero-order valence-electron chi connectivity index (χ0n) is 16.4. The average molecular weight is 353 g/mol. The third-order valence-corrected chi connectivity index (χ3v) is 6.04. The van der Waals surface area contributed by atoms with Crippen LogP contribution >= 0.6 is 0 Å². The van der Waals surface area contributed by atoms with Gasteiger partial charge in [-0.3, -0.25) is 4.79 Å². The van der Waals surface area contributed by atoms with E-state index in [1.807, 2.05) is 60.7 Å². The van der Waals surface area contributed by atoms with Gasteiger partial charge in [0.2, 0.25) is 5.91 Å². The maximum atomic E-state index is 12.9. The maximum absolute atomic E-state index is 12.9. The van der Waals surface area contributed by atoms with Gasteiger partial charge >= 0.3 is 0 Å². The minimum atomic E-state index is -0.878. The summed E-state index contributed by atoms with van der Waals surface area (Å²) in [6.45, 7) is 8.60. The lowest BCUT2D eigenvalue weighted by Crippen LogP contribution is -2.52. The van der Waals surface area contributed by atoms with Crippen LogP contribution < -0.4 is 11.5 Å². The Hall–Kier alpha value is -2.13. The molecule has 0 unspecified atom stereocenters. The fraction of sp³-hybridized carbons (Fsp3) is 0.435. The van der Waals surface area contributed by atoms with Gasteiger partial charge in [-0.1, -0.05) is 88.4 Å². The first-order chi connectivity index (χ1) is 12.2. The first-order valence-electron chi connectivity index (χ1n) is 9.45. The Bertz CT molecular complexity index is 660. The van der Waals surface area contributed by atoms with Crippen LogP contribution in [0.3, 0.4) is 0 Å². The first kappa shape index (κ1) is 20.2. The molecule has 0 saturated carbocycles. The zero-order valence-corrected chi connectivity index (χ0v) is 16.4. The topological polar surface area (TPSA) is 69.1 Å². The summed E-state index contributed by atoms with van der Waals surface area (Å²) in [5, 5.41) is 0. The van der Waals surface area contributed by atoms with Crippen molar-refractivity contribution in [1.82, 2.24) is 0 Å². The van der Waals surface area contributed by atoms with Crippen LogP contribution in [-0.2, 0) is 10.2 Å². The van der Waals surface area contributed by atoms with E-state index in [4.69, 9.17) is 11.5 Å². The van der Waals surface area contributed by atoms with E-state index in [2.05, 4.69) is 27.7 Å². The van der Waals surface area contributed by atoms with E-state index >= 15 is 0 Å². The molecule has 2 rings (SSSR count). The molecule has 0 aliphatic heterocycles. The largest absolute Gasteiger partial charge is 0.369 e. The molecule has 140 valence electrons. The lowest BCUT2D eigenvalue weighted by Gasteiger charge is -2.41. The summed E-state index contributed by atoms with van der Waals surface area (Å²) in [6, 6.07) is 19.7. The Morgan fingerprint density at radius 1 is 0.808 bits per heavy atom. The number of hydrogen-bond donors (Lipinski definition) is 2. The fourth-order valence-electron chi connectivity index (χ4n) is 3.96. The van der Waals surface area contributed by atoms with Crippen LogP contribution in [0, 0.1) is 11.8 Å². The number of nitrogens with two attached hydrogens (primary N) is 2. The molecule has 0 aliphatic carbocycles. The van der Waals surface area contributed by atoms with Gasteiger partial charge in [0.15, 0.2) is 0 Å². The number of primary amides is 1. The van der Waals surface area contributed by atoms with Crippen molar-refractivity contribution in [2.45, 2.75) is 51.5 Å². The zero-order chi connectivity index (χ0) is 19.4. The van der Waals surface area contributed by atoms with Crippen LogP contribution in [0.1, 0.15) is 51.7 Å². The van der Waals surface area contributed by atoms with Crippen molar-refractivity contribution < 1.29 is 4.79 Å². The second-order valence-corrected chi connectivity index (χ2v) is 7.92. The van der Waals surface area contributed by atoms with E-state index < -0.39 is 5.41 Å².